The molecule has 18 heavy (non-hydrogen) atoms. The summed E-state index contributed by atoms with van der Waals surface area (Å²) < 4.78 is 0. The fourth-order valence-corrected chi connectivity index (χ4v) is 2.47. The average molecular weight is 249 g/mol. The van der Waals surface area contributed by atoms with Gasteiger partial charge in [0.2, 0.25) is 5.91 Å². The number of hydrogen-bond donors (Lipinski definition) is 1. The zero-order valence-electron chi connectivity index (χ0n) is 11.7. The first-order valence-electron chi connectivity index (χ1n) is 6.51. The van der Waals surface area contributed by atoms with Crippen molar-refractivity contribution in [3.63, 3.8) is 0 Å². The van der Waals surface area contributed by atoms with Crippen LogP contribution in [-0.4, -0.2) is 30.0 Å². The van der Waals surface area contributed by atoms with Crippen LogP contribution in [0.3, 0.4) is 0 Å². The molecule has 0 bridgehead atoms. The van der Waals surface area contributed by atoms with Crippen molar-refractivity contribution in [2.24, 2.45) is 5.92 Å². The van der Waals surface area contributed by atoms with Crippen LogP contribution in [0.1, 0.15) is 38.2 Å². The molecule has 0 spiro atoms. The molecule has 0 aromatic heterocycles. The van der Waals surface area contributed by atoms with Crippen molar-refractivity contribution in [2.75, 3.05) is 14.1 Å². The Balaban J connectivity index is 3.04. The molecule has 0 heterocycles. The van der Waals surface area contributed by atoms with Crippen molar-refractivity contribution >= 4 is 5.91 Å². The van der Waals surface area contributed by atoms with Crippen LogP contribution in [0.25, 0.3) is 0 Å². The Labute approximate surface area is 109 Å². The summed E-state index contributed by atoms with van der Waals surface area (Å²) in [6, 6.07) is 7.24. The molecule has 1 aromatic carbocycles. The molecule has 1 rings (SSSR count). The number of nitrogens with zero attached hydrogens (tertiary/aromatic N) is 1. The molecule has 0 saturated heterocycles. The van der Waals surface area contributed by atoms with E-state index >= 15 is 0 Å². The number of aromatic hydroxyl groups is 1. The van der Waals surface area contributed by atoms with Gasteiger partial charge in [0.25, 0.3) is 0 Å². The van der Waals surface area contributed by atoms with Gasteiger partial charge in [-0.05, 0) is 36.5 Å². The minimum absolute atomic E-state index is 0.0215. The predicted molar refractivity (Wildman–Crippen MR) is 73.6 cm³/mol. The van der Waals surface area contributed by atoms with E-state index in [2.05, 4.69) is 6.92 Å². The number of benzene rings is 1. The molecule has 1 aromatic rings. The van der Waals surface area contributed by atoms with E-state index in [1.54, 1.807) is 31.1 Å². The first-order chi connectivity index (χ1) is 8.51. The summed E-state index contributed by atoms with van der Waals surface area (Å²) >= 11 is 0. The third-order valence-electron chi connectivity index (χ3n) is 3.42. The van der Waals surface area contributed by atoms with Crippen LogP contribution in [-0.2, 0) is 4.79 Å². The molecule has 3 heteroatoms. The summed E-state index contributed by atoms with van der Waals surface area (Å²) in [5.41, 5.74) is 1.04. The van der Waals surface area contributed by atoms with Gasteiger partial charge in [0.15, 0.2) is 0 Å². The molecule has 0 radical (unpaired) electrons. The van der Waals surface area contributed by atoms with Crippen LogP contribution in [0.5, 0.6) is 5.75 Å². The standard InChI is InChI=1S/C15H23NO2/c1-5-13(11-8-7-9-12(17)10-11)14(6-2)15(18)16(3)4/h7-10,13-14,17H,5-6H2,1-4H3. The third kappa shape index (κ3) is 3.25. The van der Waals surface area contributed by atoms with E-state index in [-0.39, 0.29) is 23.5 Å². The normalized spacial score (nSPS) is 14.0. The van der Waals surface area contributed by atoms with E-state index in [1.165, 1.54) is 0 Å². The second-order valence-electron chi connectivity index (χ2n) is 4.86. The summed E-state index contributed by atoms with van der Waals surface area (Å²) in [5.74, 6) is 0.564. The minimum atomic E-state index is -0.0215. The highest BCUT2D eigenvalue weighted by molar-refractivity contribution is 5.79. The number of hydrogen-bond acceptors (Lipinski definition) is 2. The second-order valence-corrected chi connectivity index (χ2v) is 4.86. The van der Waals surface area contributed by atoms with Crippen LogP contribution in [0.4, 0.5) is 0 Å². The maximum Gasteiger partial charge on any atom is 0.225 e. The van der Waals surface area contributed by atoms with Gasteiger partial charge in [-0.3, -0.25) is 4.79 Å². The maximum absolute atomic E-state index is 12.2. The molecule has 0 fully saturated rings. The molecule has 1 amide bonds. The number of amides is 1. The molecule has 2 atom stereocenters. The van der Waals surface area contributed by atoms with Gasteiger partial charge in [0, 0.05) is 20.0 Å². The largest absolute Gasteiger partial charge is 0.508 e. The Hall–Kier alpha value is -1.51. The van der Waals surface area contributed by atoms with E-state index in [1.807, 2.05) is 19.1 Å². The van der Waals surface area contributed by atoms with Gasteiger partial charge in [-0.25, -0.2) is 0 Å². The quantitative estimate of drug-likeness (QED) is 0.871. The number of carbonyl (C=O) groups is 1. The molecule has 0 aliphatic heterocycles. The zero-order chi connectivity index (χ0) is 13.7. The van der Waals surface area contributed by atoms with E-state index < -0.39 is 0 Å². The topological polar surface area (TPSA) is 40.5 Å². The minimum Gasteiger partial charge on any atom is -0.508 e. The van der Waals surface area contributed by atoms with Crippen molar-refractivity contribution < 1.29 is 9.90 Å². The number of rotatable bonds is 5. The Bertz CT molecular complexity index is 401. The van der Waals surface area contributed by atoms with Gasteiger partial charge < -0.3 is 10.0 Å². The predicted octanol–water partition coefficient (Wildman–Crippen LogP) is 3.00. The Kier molecular flexibility index (Phi) is 5.20. The van der Waals surface area contributed by atoms with Crippen molar-refractivity contribution in [1.29, 1.82) is 0 Å². The Morgan fingerprint density at radius 2 is 1.94 bits per heavy atom. The Morgan fingerprint density at radius 3 is 2.39 bits per heavy atom. The van der Waals surface area contributed by atoms with Gasteiger partial charge in [0.05, 0.1) is 0 Å². The van der Waals surface area contributed by atoms with Crippen LogP contribution in [0.2, 0.25) is 0 Å². The zero-order valence-corrected chi connectivity index (χ0v) is 11.7. The van der Waals surface area contributed by atoms with Gasteiger partial charge in [-0.1, -0.05) is 26.0 Å². The van der Waals surface area contributed by atoms with Crippen molar-refractivity contribution in [3.8, 4) is 5.75 Å². The van der Waals surface area contributed by atoms with Crippen molar-refractivity contribution in [3.05, 3.63) is 29.8 Å². The lowest BCUT2D eigenvalue weighted by Crippen LogP contribution is -2.33. The molecule has 0 aliphatic rings. The summed E-state index contributed by atoms with van der Waals surface area (Å²) in [6.45, 7) is 4.12. The van der Waals surface area contributed by atoms with E-state index in [4.69, 9.17) is 0 Å². The first kappa shape index (κ1) is 14.6. The van der Waals surface area contributed by atoms with Gasteiger partial charge >= 0.3 is 0 Å². The van der Waals surface area contributed by atoms with Gasteiger partial charge in [-0.15, -0.1) is 0 Å². The first-order valence-corrected chi connectivity index (χ1v) is 6.51. The summed E-state index contributed by atoms with van der Waals surface area (Å²) in [4.78, 5) is 13.8. The van der Waals surface area contributed by atoms with Crippen LogP contribution in [0.15, 0.2) is 24.3 Å². The molecule has 2 unspecified atom stereocenters. The molecule has 0 saturated carbocycles. The molecular formula is C15H23NO2. The highest BCUT2D eigenvalue weighted by Crippen LogP contribution is 2.32. The lowest BCUT2D eigenvalue weighted by molar-refractivity contribution is -0.133. The average Bonchev–Trinajstić information content (AvgIpc) is 2.34. The highest BCUT2D eigenvalue weighted by Gasteiger charge is 2.28. The molecule has 3 nitrogen and oxygen atoms in total. The SMILES string of the molecule is CCC(C(=O)N(C)C)C(CC)c1cccc(O)c1. The number of phenols is 1. The summed E-state index contributed by atoms with van der Waals surface area (Å²) in [6.07, 6.45) is 1.70. The second kappa shape index (κ2) is 6.43. The van der Waals surface area contributed by atoms with Crippen LogP contribution in [0, 0.1) is 5.92 Å². The maximum atomic E-state index is 12.2. The summed E-state index contributed by atoms with van der Waals surface area (Å²) in [7, 11) is 3.58. The third-order valence-corrected chi connectivity index (χ3v) is 3.42. The van der Waals surface area contributed by atoms with Gasteiger partial charge in [-0.2, -0.15) is 0 Å². The van der Waals surface area contributed by atoms with E-state index in [9.17, 15) is 9.90 Å². The fraction of sp³-hybridized carbons (Fsp3) is 0.533. The number of carbonyl (C=O) groups excluding carboxylic acids is 1. The van der Waals surface area contributed by atoms with E-state index in [0.717, 1.165) is 18.4 Å². The lowest BCUT2D eigenvalue weighted by Gasteiger charge is -2.27. The molecule has 100 valence electrons. The Morgan fingerprint density at radius 1 is 1.28 bits per heavy atom. The molecule has 1 N–H and O–H groups in total. The smallest absolute Gasteiger partial charge is 0.225 e. The van der Waals surface area contributed by atoms with E-state index in [0.29, 0.717) is 0 Å². The van der Waals surface area contributed by atoms with Crippen LogP contribution < -0.4 is 0 Å². The van der Waals surface area contributed by atoms with Gasteiger partial charge in [0.1, 0.15) is 5.75 Å². The summed E-state index contributed by atoms with van der Waals surface area (Å²) in [5, 5.41) is 9.56. The molecular weight excluding hydrogens is 226 g/mol. The van der Waals surface area contributed by atoms with Crippen molar-refractivity contribution in [2.45, 2.75) is 32.6 Å². The highest BCUT2D eigenvalue weighted by atomic mass is 16.3. The number of phenolic OH excluding ortho intramolecular Hbond substituents is 1. The lowest BCUT2D eigenvalue weighted by atomic mass is 9.81. The monoisotopic (exact) mass is 249 g/mol. The van der Waals surface area contributed by atoms with Crippen LogP contribution >= 0.6 is 0 Å². The van der Waals surface area contributed by atoms with Crippen molar-refractivity contribution in [1.82, 2.24) is 4.90 Å². The fourth-order valence-electron chi connectivity index (χ4n) is 2.47. The molecule has 0 aliphatic carbocycles.